The smallest absolute Gasteiger partial charge is 0.255 e. The van der Waals surface area contributed by atoms with E-state index in [1.54, 1.807) is 25.3 Å². The highest BCUT2D eigenvalue weighted by Gasteiger charge is 2.20. The van der Waals surface area contributed by atoms with Crippen molar-refractivity contribution in [2.24, 2.45) is 0 Å². The summed E-state index contributed by atoms with van der Waals surface area (Å²) in [6.07, 6.45) is 2.75. The first-order valence-electron chi connectivity index (χ1n) is 10.3. The van der Waals surface area contributed by atoms with Crippen LogP contribution in [0.15, 0.2) is 41.7 Å². The number of aromatic hydroxyl groups is 1. The molecule has 0 aromatic heterocycles. The van der Waals surface area contributed by atoms with Crippen LogP contribution in [0.3, 0.4) is 0 Å². The minimum Gasteiger partial charge on any atom is -0.507 e. The monoisotopic (exact) mass is 443 g/mol. The van der Waals surface area contributed by atoms with Gasteiger partial charge in [0.05, 0.1) is 19.2 Å². The number of carbonyl (C=O) groups is 1. The second kappa shape index (κ2) is 9.29. The summed E-state index contributed by atoms with van der Waals surface area (Å²) < 4.78 is 17.1. The lowest BCUT2D eigenvalue weighted by Gasteiger charge is -2.15. The quantitative estimate of drug-likeness (QED) is 0.415. The van der Waals surface area contributed by atoms with Crippen LogP contribution < -0.4 is 5.32 Å². The van der Waals surface area contributed by atoms with Crippen LogP contribution in [0, 0.1) is 13.8 Å². The molecule has 1 unspecified atom stereocenters. The SMILES string of the molecule is COC(CNC(=O)c1cc(Cc2c(C)cc(CP(C)(=O)O)cc2C)ccc1O)=C1CC1. The van der Waals surface area contributed by atoms with Gasteiger partial charge in [0.25, 0.3) is 5.91 Å². The van der Waals surface area contributed by atoms with E-state index in [0.717, 1.165) is 46.4 Å². The van der Waals surface area contributed by atoms with Crippen molar-refractivity contribution >= 4 is 13.3 Å². The zero-order valence-electron chi connectivity index (χ0n) is 18.5. The maximum atomic E-state index is 12.6. The summed E-state index contributed by atoms with van der Waals surface area (Å²) in [7, 11) is -1.54. The highest BCUT2D eigenvalue weighted by atomic mass is 31.2. The van der Waals surface area contributed by atoms with Gasteiger partial charge in [0.2, 0.25) is 7.37 Å². The molecule has 3 rings (SSSR count). The number of aryl methyl sites for hydroxylation is 2. The van der Waals surface area contributed by atoms with E-state index in [9.17, 15) is 19.4 Å². The average Bonchev–Trinajstić information content (AvgIpc) is 3.50. The molecule has 1 amide bonds. The standard InChI is InChI=1S/C24H30NO5P/c1-15-9-18(14-31(4,28)29)10-16(2)20(15)11-17-5-8-22(26)21(12-17)24(27)25-13-23(30-3)19-6-7-19/h5,8-10,12,26H,6-7,11,13-14H2,1-4H3,(H,25,27)(H,28,29). The van der Waals surface area contributed by atoms with E-state index in [1.165, 1.54) is 12.2 Å². The fraction of sp³-hybridized carbons (Fsp3) is 0.375. The van der Waals surface area contributed by atoms with Crippen molar-refractivity contribution in [1.29, 1.82) is 0 Å². The third-order valence-corrected chi connectivity index (χ3v) is 6.42. The van der Waals surface area contributed by atoms with Crippen molar-refractivity contribution in [1.82, 2.24) is 5.32 Å². The molecular weight excluding hydrogens is 413 g/mol. The van der Waals surface area contributed by atoms with Crippen molar-refractivity contribution in [3.63, 3.8) is 0 Å². The van der Waals surface area contributed by atoms with Crippen LogP contribution >= 0.6 is 7.37 Å². The van der Waals surface area contributed by atoms with Crippen LogP contribution in [0.4, 0.5) is 0 Å². The fourth-order valence-electron chi connectivity index (χ4n) is 3.81. The van der Waals surface area contributed by atoms with Gasteiger partial charge in [-0.05, 0) is 78.6 Å². The zero-order valence-corrected chi connectivity index (χ0v) is 19.4. The predicted molar refractivity (Wildman–Crippen MR) is 122 cm³/mol. The number of hydrogen-bond acceptors (Lipinski definition) is 4. The number of phenols is 1. The molecule has 6 nitrogen and oxygen atoms in total. The molecule has 0 radical (unpaired) electrons. The van der Waals surface area contributed by atoms with Crippen LogP contribution in [0.5, 0.6) is 5.75 Å². The van der Waals surface area contributed by atoms with Gasteiger partial charge in [-0.25, -0.2) is 0 Å². The number of benzene rings is 2. The molecule has 2 aromatic carbocycles. The van der Waals surface area contributed by atoms with E-state index in [-0.39, 0.29) is 23.4 Å². The molecule has 7 heteroatoms. The van der Waals surface area contributed by atoms with Gasteiger partial charge in [-0.1, -0.05) is 18.2 Å². The van der Waals surface area contributed by atoms with Crippen LogP contribution in [-0.4, -0.2) is 36.2 Å². The minimum absolute atomic E-state index is 0.0651. The summed E-state index contributed by atoms with van der Waals surface area (Å²) in [4.78, 5) is 22.3. The lowest BCUT2D eigenvalue weighted by molar-refractivity contribution is 0.0947. The predicted octanol–water partition coefficient (Wildman–Crippen LogP) is 4.42. The Labute approximate surface area is 183 Å². The Morgan fingerprint density at radius 3 is 2.32 bits per heavy atom. The van der Waals surface area contributed by atoms with Crippen molar-refractivity contribution in [2.45, 2.75) is 39.3 Å². The van der Waals surface area contributed by atoms with Crippen LogP contribution in [-0.2, 0) is 21.9 Å². The number of methoxy groups -OCH3 is 1. The number of amides is 1. The summed E-state index contributed by atoms with van der Waals surface area (Å²) >= 11 is 0. The molecule has 0 heterocycles. The largest absolute Gasteiger partial charge is 0.507 e. The van der Waals surface area contributed by atoms with E-state index in [4.69, 9.17) is 4.74 Å². The van der Waals surface area contributed by atoms with Gasteiger partial charge < -0.3 is 20.1 Å². The molecule has 1 atom stereocenters. The van der Waals surface area contributed by atoms with Gasteiger partial charge >= 0.3 is 0 Å². The van der Waals surface area contributed by atoms with Crippen molar-refractivity contribution in [3.05, 3.63) is 75.0 Å². The van der Waals surface area contributed by atoms with Gasteiger partial charge in [-0.15, -0.1) is 0 Å². The van der Waals surface area contributed by atoms with Crippen molar-refractivity contribution in [3.8, 4) is 5.75 Å². The van der Waals surface area contributed by atoms with Gasteiger partial charge in [-0.3, -0.25) is 9.36 Å². The van der Waals surface area contributed by atoms with Gasteiger partial charge in [0, 0.05) is 12.8 Å². The van der Waals surface area contributed by atoms with E-state index < -0.39 is 7.37 Å². The topological polar surface area (TPSA) is 95.9 Å². The van der Waals surface area contributed by atoms with Crippen LogP contribution in [0.25, 0.3) is 0 Å². The summed E-state index contributed by atoms with van der Waals surface area (Å²) in [6.45, 7) is 5.64. The first-order valence-corrected chi connectivity index (χ1v) is 12.6. The Hall–Kier alpha value is -2.56. The summed E-state index contributed by atoms with van der Waals surface area (Å²) in [5.74, 6) is 0.375. The molecule has 0 bridgehead atoms. The Kier molecular flexibility index (Phi) is 6.93. The molecule has 0 aliphatic heterocycles. The number of nitrogens with one attached hydrogen (secondary N) is 1. The van der Waals surface area contributed by atoms with E-state index >= 15 is 0 Å². The number of allylic oxidation sites excluding steroid dienone is 1. The zero-order chi connectivity index (χ0) is 22.8. The highest BCUT2D eigenvalue weighted by Crippen LogP contribution is 2.40. The van der Waals surface area contributed by atoms with Gasteiger partial charge in [0.15, 0.2) is 0 Å². The first kappa shape index (κ1) is 23.1. The third kappa shape index (κ3) is 6.22. The maximum Gasteiger partial charge on any atom is 0.255 e. The van der Waals surface area contributed by atoms with Gasteiger partial charge in [-0.2, -0.15) is 0 Å². The number of carbonyl (C=O) groups excluding carboxylic acids is 1. The van der Waals surface area contributed by atoms with Crippen molar-refractivity contribution in [2.75, 3.05) is 20.3 Å². The van der Waals surface area contributed by atoms with E-state index in [2.05, 4.69) is 5.32 Å². The molecule has 3 N–H and O–H groups in total. The number of rotatable bonds is 8. The molecule has 1 saturated carbocycles. The Balaban J connectivity index is 1.78. The van der Waals surface area contributed by atoms with Crippen molar-refractivity contribution < 1.29 is 24.1 Å². The molecule has 1 aliphatic rings. The van der Waals surface area contributed by atoms with E-state index in [1.807, 2.05) is 26.0 Å². The van der Waals surface area contributed by atoms with Crippen LogP contribution in [0.2, 0.25) is 0 Å². The summed E-state index contributed by atoms with van der Waals surface area (Å²) in [5.41, 5.74) is 6.36. The maximum absolute atomic E-state index is 12.6. The molecule has 31 heavy (non-hydrogen) atoms. The molecule has 0 spiro atoms. The summed E-state index contributed by atoms with van der Waals surface area (Å²) in [6, 6.07) is 8.95. The molecular formula is C24H30NO5P. The Bertz CT molecular complexity index is 1050. The highest BCUT2D eigenvalue weighted by molar-refractivity contribution is 7.56. The number of ether oxygens (including phenoxy) is 1. The molecule has 2 aromatic rings. The van der Waals surface area contributed by atoms with E-state index in [0.29, 0.717) is 13.0 Å². The second-order valence-corrected chi connectivity index (χ2v) is 10.8. The summed E-state index contributed by atoms with van der Waals surface area (Å²) in [5, 5.41) is 13.0. The number of hydrogen-bond donors (Lipinski definition) is 3. The average molecular weight is 443 g/mol. The molecule has 0 saturated heterocycles. The number of phenolic OH excluding ortho intramolecular Hbond substituents is 1. The Morgan fingerprint density at radius 1 is 1.13 bits per heavy atom. The normalized spacial score (nSPS) is 14.7. The van der Waals surface area contributed by atoms with Crippen LogP contribution in [0.1, 0.15) is 51.0 Å². The second-order valence-electron chi connectivity index (χ2n) is 8.36. The lowest BCUT2D eigenvalue weighted by Crippen LogP contribution is -2.26. The molecule has 166 valence electrons. The van der Waals surface area contributed by atoms with Gasteiger partial charge in [0.1, 0.15) is 11.5 Å². The molecule has 1 fully saturated rings. The fourth-order valence-corrected chi connectivity index (χ4v) is 4.67. The lowest BCUT2D eigenvalue weighted by atomic mass is 9.93. The third-order valence-electron chi connectivity index (χ3n) is 5.47. The minimum atomic E-state index is -3.14. The Morgan fingerprint density at radius 2 is 1.77 bits per heavy atom. The first-order chi connectivity index (χ1) is 14.6. The molecule has 1 aliphatic carbocycles.